The molecule has 0 spiro atoms. The zero-order valence-corrected chi connectivity index (χ0v) is 20.2. The summed E-state index contributed by atoms with van der Waals surface area (Å²) < 4.78 is 12.1. The van der Waals surface area contributed by atoms with Gasteiger partial charge < -0.3 is 20.1 Å². The van der Waals surface area contributed by atoms with Crippen LogP contribution in [-0.4, -0.2) is 43.0 Å². The SMILES string of the molecule is C=CCOc1c(Br)cc(/C=C2\NC(=O)N(CC(=O)Nc3ccccc3OC)C2=O)cc1Br. The molecule has 32 heavy (non-hydrogen) atoms. The quantitative estimate of drug-likeness (QED) is 0.283. The molecular weight excluding hydrogens is 546 g/mol. The van der Waals surface area contributed by atoms with E-state index in [0.29, 0.717) is 38.3 Å². The fourth-order valence-electron chi connectivity index (χ4n) is 2.91. The standard InChI is InChI=1S/C22H19Br2N3O5/c1-3-8-32-20-14(23)9-13(10-15(20)24)11-17-21(29)27(22(30)26-17)12-19(28)25-16-6-4-5-7-18(16)31-2/h3-7,9-11H,1,8,12H2,2H3,(H,25,28)(H,26,30)/b17-11-. The fraction of sp³-hybridized carbons (Fsp3) is 0.136. The summed E-state index contributed by atoms with van der Waals surface area (Å²) in [5, 5.41) is 5.14. The summed E-state index contributed by atoms with van der Waals surface area (Å²) in [7, 11) is 1.48. The topological polar surface area (TPSA) is 97.0 Å². The number of nitrogens with one attached hydrogen (secondary N) is 2. The van der Waals surface area contributed by atoms with Crippen molar-refractivity contribution >= 4 is 61.5 Å². The van der Waals surface area contributed by atoms with Gasteiger partial charge in [0.2, 0.25) is 5.91 Å². The summed E-state index contributed by atoms with van der Waals surface area (Å²) in [6.07, 6.45) is 3.14. The average Bonchev–Trinajstić information content (AvgIpc) is 3.01. The number of nitrogens with zero attached hydrogens (tertiary/aromatic N) is 1. The van der Waals surface area contributed by atoms with Gasteiger partial charge in [-0.25, -0.2) is 9.69 Å². The minimum absolute atomic E-state index is 0.0543. The van der Waals surface area contributed by atoms with Crippen LogP contribution >= 0.6 is 31.9 Å². The molecule has 0 atom stereocenters. The normalized spacial score (nSPS) is 14.3. The minimum Gasteiger partial charge on any atom is -0.495 e. The first-order valence-corrected chi connectivity index (χ1v) is 10.9. The van der Waals surface area contributed by atoms with Gasteiger partial charge in [-0.05, 0) is 67.8 Å². The van der Waals surface area contributed by atoms with Gasteiger partial charge in [-0.1, -0.05) is 24.8 Å². The first-order valence-electron chi connectivity index (χ1n) is 9.34. The van der Waals surface area contributed by atoms with Gasteiger partial charge in [0, 0.05) is 0 Å². The number of methoxy groups -OCH3 is 1. The molecule has 1 aliphatic rings. The number of benzene rings is 2. The number of imide groups is 1. The molecular formula is C22H19Br2N3O5. The highest BCUT2D eigenvalue weighted by molar-refractivity contribution is 9.11. The number of amides is 4. The third-order valence-corrected chi connectivity index (χ3v) is 5.50. The van der Waals surface area contributed by atoms with Crippen molar-refractivity contribution in [2.45, 2.75) is 0 Å². The molecule has 10 heteroatoms. The molecule has 0 aliphatic carbocycles. The monoisotopic (exact) mass is 563 g/mol. The van der Waals surface area contributed by atoms with E-state index in [2.05, 4.69) is 49.1 Å². The van der Waals surface area contributed by atoms with Crippen molar-refractivity contribution in [3.05, 3.63) is 69.3 Å². The third-order valence-electron chi connectivity index (χ3n) is 4.32. The van der Waals surface area contributed by atoms with Crippen molar-refractivity contribution < 1.29 is 23.9 Å². The number of carbonyl (C=O) groups is 3. The smallest absolute Gasteiger partial charge is 0.329 e. The maximum Gasteiger partial charge on any atom is 0.329 e. The highest BCUT2D eigenvalue weighted by Crippen LogP contribution is 2.35. The molecule has 0 bridgehead atoms. The van der Waals surface area contributed by atoms with Crippen LogP contribution in [0.15, 0.2) is 63.7 Å². The summed E-state index contributed by atoms with van der Waals surface area (Å²) in [6.45, 7) is 3.50. The summed E-state index contributed by atoms with van der Waals surface area (Å²) in [5.41, 5.74) is 1.13. The molecule has 0 radical (unpaired) electrons. The molecule has 2 N–H and O–H groups in total. The fourth-order valence-corrected chi connectivity index (χ4v) is 4.36. The van der Waals surface area contributed by atoms with E-state index in [0.717, 1.165) is 4.90 Å². The van der Waals surface area contributed by atoms with Crippen molar-refractivity contribution in [3.8, 4) is 11.5 Å². The Kier molecular flexibility index (Phi) is 7.70. The van der Waals surface area contributed by atoms with E-state index < -0.39 is 24.4 Å². The number of ether oxygens (including phenoxy) is 2. The van der Waals surface area contributed by atoms with E-state index in [1.807, 2.05) is 0 Å². The van der Waals surface area contributed by atoms with Crippen molar-refractivity contribution in [1.29, 1.82) is 0 Å². The Morgan fingerprint density at radius 3 is 2.56 bits per heavy atom. The Bertz CT molecular complexity index is 1090. The molecule has 1 fully saturated rings. The van der Waals surface area contributed by atoms with E-state index in [1.165, 1.54) is 13.2 Å². The van der Waals surface area contributed by atoms with Crippen molar-refractivity contribution in [2.24, 2.45) is 0 Å². The van der Waals surface area contributed by atoms with Gasteiger partial charge in [0.15, 0.2) is 0 Å². The highest BCUT2D eigenvalue weighted by Gasteiger charge is 2.35. The number of urea groups is 1. The van der Waals surface area contributed by atoms with Crippen LogP contribution in [0.25, 0.3) is 6.08 Å². The first kappa shape index (κ1) is 23.6. The van der Waals surface area contributed by atoms with E-state index in [1.54, 1.807) is 42.5 Å². The largest absolute Gasteiger partial charge is 0.495 e. The van der Waals surface area contributed by atoms with E-state index in [9.17, 15) is 14.4 Å². The molecule has 2 aromatic rings. The second-order valence-corrected chi connectivity index (χ2v) is 8.25. The number of halogens is 2. The van der Waals surface area contributed by atoms with Gasteiger partial charge in [-0.3, -0.25) is 9.59 Å². The Hall–Kier alpha value is -3.11. The van der Waals surface area contributed by atoms with Crippen molar-refractivity contribution in [2.75, 3.05) is 25.6 Å². The Morgan fingerprint density at radius 2 is 1.91 bits per heavy atom. The van der Waals surface area contributed by atoms with Crippen molar-refractivity contribution in [3.63, 3.8) is 0 Å². The van der Waals surface area contributed by atoms with E-state index in [-0.39, 0.29) is 5.70 Å². The second kappa shape index (κ2) is 10.5. The summed E-state index contributed by atoms with van der Waals surface area (Å²) in [4.78, 5) is 38.3. The van der Waals surface area contributed by atoms with Crippen molar-refractivity contribution in [1.82, 2.24) is 10.2 Å². The van der Waals surface area contributed by atoms with Gasteiger partial charge in [0.1, 0.15) is 30.3 Å². The molecule has 0 saturated carbocycles. The van der Waals surface area contributed by atoms with Crippen LogP contribution in [0.3, 0.4) is 0 Å². The first-order chi connectivity index (χ1) is 15.3. The predicted molar refractivity (Wildman–Crippen MR) is 127 cm³/mol. The molecule has 1 heterocycles. The average molecular weight is 565 g/mol. The maximum atomic E-state index is 12.7. The Morgan fingerprint density at radius 1 is 1.22 bits per heavy atom. The number of carbonyl (C=O) groups excluding carboxylic acids is 3. The summed E-state index contributed by atoms with van der Waals surface area (Å²) in [6, 6.07) is 9.65. The van der Waals surface area contributed by atoms with Crippen LogP contribution in [0, 0.1) is 0 Å². The lowest BCUT2D eigenvalue weighted by Gasteiger charge is -2.13. The lowest BCUT2D eigenvalue weighted by Crippen LogP contribution is -2.38. The molecule has 4 amide bonds. The van der Waals surface area contributed by atoms with Crippen LogP contribution in [0.1, 0.15) is 5.56 Å². The van der Waals surface area contributed by atoms with Gasteiger partial charge in [-0.2, -0.15) is 0 Å². The van der Waals surface area contributed by atoms with Crippen LogP contribution in [0.4, 0.5) is 10.5 Å². The zero-order chi connectivity index (χ0) is 23.3. The predicted octanol–water partition coefficient (Wildman–Crippen LogP) is 4.32. The number of anilines is 1. The van der Waals surface area contributed by atoms with Crippen LogP contribution in [0.5, 0.6) is 11.5 Å². The van der Waals surface area contributed by atoms with E-state index in [4.69, 9.17) is 9.47 Å². The lowest BCUT2D eigenvalue weighted by atomic mass is 10.2. The molecule has 8 nitrogen and oxygen atoms in total. The van der Waals surface area contributed by atoms with Crippen LogP contribution in [-0.2, 0) is 9.59 Å². The molecule has 166 valence electrons. The zero-order valence-electron chi connectivity index (χ0n) is 17.0. The van der Waals surface area contributed by atoms with Crippen LogP contribution < -0.4 is 20.1 Å². The van der Waals surface area contributed by atoms with E-state index >= 15 is 0 Å². The summed E-state index contributed by atoms with van der Waals surface area (Å²) >= 11 is 6.86. The Balaban J connectivity index is 1.73. The number of hydrogen-bond donors (Lipinski definition) is 2. The van der Waals surface area contributed by atoms with Gasteiger partial charge >= 0.3 is 6.03 Å². The third kappa shape index (κ3) is 5.38. The minimum atomic E-state index is -0.680. The number of para-hydroxylation sites is 2. The van der Waals surface area contributed by atoms with Gasteiger partial charge in [0.05, 0.1) is 21.7 Å². The lowest BCUT2D eigenvalue weighted by molar-refractivity contribution is -0.127. The highest BCUT2D eigenvalue weighted by atomic mass is 79.9. The molecule has 0 unspecified atom stereocenters. The second-order valence-electron chi connectivity index (χ2n) is 6.54. The molecule has 1 aliphatic heterocycles. The molecule has 0 aromatic heterocycles. The number of hydrogen-bond acceptors (Lipinski definition) is 5. The molecule has 3 rings (SSSR count). The Labute approximate surface area is 201 Å². The molecule has 2 aromatic carbocycles. The maximum absolute atomic E-state index is 12.7. The van der Waals surface area contributed by atoms with Gasteiger partial charge in [0.25, 0.3) is 5.91 Å². The summed E-state index contributed by atoms with van der Waals surface area (Å²) in [5.74, 6) is -0.0864. The molecule has 1 saturated heterocycles. The van der Waals surface area contributed by atoms with Crippen LogP contribution in [0.2, 0.25) is 0 Å². The number of rotatable bonds is 8. The van der Waals surface area contributed by atoms with Gasteiger partial charge in [-0.15, -0.1) is 0 Å².